The van der Waals surface area contributed by atoms with Gasteiger partial charge in [0.2, 0.25) is 5.91 Å². The number of carbonyl (C=O) groups is 2. The Morgan fingerprint density at radius 3 is 2.42 bits per heavy atom. The molecule has 2 atom stereocenters. The van der Waals surface area contributed by atoms with Crippen molar-refractivity contribution in [3.63, 3.8) is 0 Å². The highest BCUT2D eigenvalue weighted by atomic mass is 16.2. The fourth-order valence-corrected chi connectivity index (χ4v) is 5.90. The number of aryl methyl sites for hydroxylation is 1. The minimum atomic E-state index is -0.354. The molecule has 5 heteroatoms. The Kier molecular flexibility index (Phi) is 7.64. The molecule has 2 heterocycles. The lowest BCUT2D eigenvalue weighted by Gasteiger charge is -2.27. The molecule has 4 aromatic rings. The van der Waals surface area contributed by atoms with E-state index in [1.807, 2.05) is 54.6 Å². The van der Waals surface area contributed by atoms with Gasteiger partial charge in [-0.25, -0.2) is 0 Å². The molecule has 1 N–H and O–H groups in total. The van der Waals surface area contributed by atoms with Crippen molar-refractivity contribution in [3.05, 3.63) is 95.6 Å². The van der Waals surface area contributed by atoms with Crippen molar-refractivity contribution in [1.82, 2.24) is 14.8 Å². The fraction of sp³-hybridized carbons (Fsp3) is 0.333. The number of aromatic nitrogens is 1. The van der Waals surface area contributed by atoms with Gasteiger partial charge in [-0.1, -0.05) is 99.8 Å². The zero-order valence-corrected chi connectivity index (χ0v) is 22.6. The molecule has 0 saturated heterocycles. The van der Waals surface area contributed by atoms with Crippen molar-refractivity contribution >= 4 is 22.7 Å². The Labute approximate surface area is 225 Å². The van der Waals surface area contributed by atoms with E-state index in [0.717, 1.165) is 52.5 Å². The molecule has 3 aromatic carbocycles. The summed E-state index contributed by atoms with van der Waals surface area (Å²) in [4.78, 5) is 28.8. The molecule has 5 nitrogen and oxygen atoms in total. The zero-order chi connectivity index (χ0) is 26.6. The van der Waals surface area contributed by atoms with Crippen LogP contribution in [0.1, 0.15) is 67.1 Å². The molecule has 38 heavy (non-hydrogen) atoms. The first kappa shape index (κ1) is 25.8. The van der Waals surface area contributed by atoms with Crippen molar-refractivity contribution in [2.24, 2.45) is 13.0 Å². The highest BCUT2D eigenvalue weighted by Gasteiger charge is 2.41. The van der Waals surface area contributed by atoms with Gasteiger partial charge < -0.3 is 14.8 Å². The Morgan fingerprint density at radius 1 is 0.947 bits per heavy atom. The van der Waals surface area contributed by atoms with Crippen molar-refractivity contribution in [2.75, 3.05) is 13.1 Å². The van der Waals surface area contributed by atoms with Crippen LogP contribution in [-0.4, -0.2) is 34.4 Å². The Bertz CT molecular complexity index is 1440. The average molecular weight is 508 g/mol. The van der Waals surface area contributed by atoms with Gasteiger partial charge >= 0.3 is 0 Å². The van der Waals surface area contributed by atoms with E-state index in [0.29, 0.717) is 18.0 Å². The van der Waals surface area contributed by atoms with Gasteiger partial charge in [0.15, 0.2) is 0 Å². The number of para-hydroxylation sites is 1. The Balaban J connectivity index is 1.57. The van der Waals surface area contributed by atoms with E-state index < -0.39 is 0 Å². The molecule has 0 radical (unpaired) electrons. The summed E-state index contributed by atoms with van der Waals surface area (Å²) in [6.45, 7) is 5.05. The van der Waals surface area contributed by atoms with Crippen molar-refractivity contribution < 1.29 is 9.59 Å². The number of amides is 2. The number of carbonyl (C=O) groups excluding carboxylic acids is 2. The summed E-state index contributed by atoms with van der Waals surface area (Å²) in [5.74, 6) is 0.266. The van der Waals surface area contributed by atoms with Crippen LogP contribution < -0.4 is 5.32 Å². The van der Waals surface area contributed by atoms with Crippen molar-refractivity contribution in [3.8, 4) is 11.3 Å². The summed E-state index contributed by atoms with van der Waals surface area (Å²) in [7, 11) is 2.08. The number of benzene rings is 3. The normalized spacial score (nSPS) is 15.6. The van der Waals surface area contributed by atoms with Crippen LogP contribution in [-0.2, 0) is 11.8 Å². The predicted molar refractivity (Wildman–Crippen MR) is 154 cm³/mol. The third kappa shape index (κ3) is 4.73. The summed E-state index contributed by atoms with van der Waals surface area (Å²) >= 11 is 0. The molecule has 0 saturated carbocycles. The van der Waals surface area contributed by atoms with Crippen LogP contribution in [0.3, 0.4) is 0 Å². The molecular formula is C33H37N3O2. The van der Waals surface area contributed by atoms with Gasteiger partial charge in [-0.15, -0.1) is 0 Å². The van der Waals surface area contributed by atoms with Gasteiger partial charge in [-0.05, 0) is 35.6 Å². The number of rotatable bonds is 10. The highest BCUT2D eigenvalue weighted by molar-refractivity contribution is 6.03. The van der Waals surface area contributed by atoms with Crippen LogP contribution in [0.2, 0.25) is 0 Å². The first-order valence-corrected chi connectivity index (χ1v) is 13.8. The number of nitrogens with zero attached hydrogens (tertiary/aromatic N) is 2. The van der Waals surface area contributed by atoms with Crippen LogP contribution in [0, 0.1) is 5.92 Å². The minimum absolute atomic E-state index is 0.0276. The molecule has 1 aliphatic rings. The number of hydrogen-bond donors (Lipinski definition) is 1. The predicted octanol–water partition coefficient (Wildman–Crippen LogP) is 6.72. The maximum atomic E-state index is 13.8. The zero-order valence-electron chi connectivity index (χ0n) is 22.6. The molecule has 0 spiro atoms. The van der Waals surface area contributed by atoms with E-state index in [2.05, 4.69) is 55.0 Å². The number of nitrogens with one attached hydrogen (secondary N) is 1. The fourth-order valence-electron chi connectivity index (χ4n) is 5.90. The Morgan fingerprint density at radius 2 is 1.66 bits per heavy atom. The number of hydrogen-bond acceptors (Lipinski definition) is 2. The molecule has 2 amide bonds. The molecule has 5 rings (SSSR count). The third-order valence-electron chi connectivity index (χ3n) is 7.97. The highest BCUT2D eigenvalue weighted by Crippen LogP contribution is 2.46. The molecular weight excluding hydrogens is 470 g/mol. The van der Waals surface area contributed by atoms with Crippen LogP contribution in [0.4, 0.5) is 0 Å². The van der Waals surface area contributed by atoms with Gasteiger partial charge in [0.25, 0.3) is 5.91 Å². The first-order valence-electron chi connectivity index (χ1n) is 13.8. The van der Waals surface area contributed by atoms with Gasteiger partial charge in [-0.3, -0.25) is 9.59 Å². The second-order valence-electron chi connectivity index (χ2n) is 10.3. The van der Waals surface area contributed by atoms with E-state index in [-0.39, 0.29) is 24.4 Å². The van der Waals surface area contributed by atoms with E-state index in [9.17, 15) is 9.59 Å². The van der Waals surface area contributed by atoms with Crippen molar-refractivity contribution in [2.45, 2.75) is 45.6 Å². The lowest BCUT2D eigenvalue weighted by atomic mass is 9.93. The molecule has 0 bridgehead atoms. The molecule has 2 unspecified atom stereocenters. The standard InChI is InChI=1S/C33H37N3O2/c1-4-6-14-23(5-2)21-34-29(37)22-36-32(25-17-10-11-18-26(25)33(36)38)30-27-19-12-13-20-28(27)35(3)31(30)24-15-8-7-9-16-24/h7-13,15-20,23,32H,4-6,14,21-22H2,1-3H3,(H,34,37). The first-order chi connectivity index (χ1) is 18.5. The van der Waals surface area contributed by atoms with Crippen LogP contribution in [0.15, 0.2) is 78.9 Å². The molecule has 1 aromatic heterocycles. The molecule has 196 valence electrons. The lowest BCUT2D eigenvalue weighted by molar-refractivity contribution is -0.122. The third-order valence-corrected chi connectivity index (χ3v) is 7.97. The summed E-state index contributed by atoms with van der Waals surface area (Å²) in [5, 5.41) is 4.24. The van der Waals surface area contributed by atoms with E-state index >= 15 is 0 Å². The second-order valence-corrected chi connectivity index (χ2v) is 10.3. The molecule has 1 aliphatic heterocycles. The summed E-state index contributed by atoms with van der Waals surface area (Å²) in [5.41, 5.74) is 5.94. The maximum absolute atomic E-state index is 13.8. The molecule has 0 fully saturated rings. The van der Waals surface area contributed by atoms with Gasteiger partial charge in [0.05, 0.1) is 11.7 Å². The summed E-state index contributed by atoms with van der Waals surface area (Å²) < 4.78 is 2.21. The van der Waals surface area contributed by atoms with Gasteiger partial charge in [-0.2, -0.15) is 0 Å². The number of unbranched alkanes of at least 4 members (excludes halogenated alkanes) is 1. The topological polar surface area (TPSA) is 54.3 Å². The smallest absolute Gasteiger partial charge is 0.255 e. The minimum Gasteiger partial charge on any atom is -0.354 e. The second kappa shape index (κ2) is 11.3. The number of fused-ring (bicyclic) bond motifs is 2. The summed E-state index contributed by atoms with van der Waals surface area (Å²) in [6.07, 6.45) is 4.47. The van der Waals surface area contributed by atoms with E-state index in [1.54, 1.807) is 4.90 Å². The largest absolute Gasteiger partial charge is 0.354 e. The maximum Gasteiger partial charge on any atom is 0.255 e. The van der Waals surface area contributed by atoms with Crippen LogP contribution in [0.25, 0.3) is 22.2 Å². The SMILES string of the molecule is CCCCC(CC)CNC(=O)CN1C(=O)c2ccccc2C1c1c(-c2ccccc2)n(C)c2ccccc12. The van der Waals surface area contributed by atoms with E-state index in [4.69, 9.17) is 0 Å². The molecule has 0 aliphatic carbocycles. The lowest BCUT2D eigenvalue weighted by Crippen LogP contribution is -2.41. The van der Waals surface area contributed by atoms with Crippen LogP contribution in [0.5, 0.6) is 0 Å². The monoisotopic (exact) mass is 507 g/mol. The van der Waals surface area contributed by atoms with Gasteiger partial charge in [0, 0.05) is 35.6 Å². The van der Waals surface area contributed by atoms with E-state index in [1.165, 1.54) is 6.42 Å². The quantitative estimate of drug-likeness (QED) is 0.259. The van der Waals surface area contributed by atoms with Crippen molar-refractivity contribution in [1.29, 1.82) is 0 Å². The summed E-state index contributed by atoms with van der Waals surface area (Å²) in [6, 6.07) is 26.1. The van der Waals surface area contributed by atoms with Crippen LogP contribution >= 0.6 is 0 Å². The average Bonchev–Trinajstić information content (AvgIpc) is 3.39. The van der Waals surface area contributed by atoms with Gasteiger partial charge in [0.1, 0.15) is 6.54 Å². The Hall–Kier alpha value is -3.86.